The van der Waals surface area contributed by atoms with Crippen LogP contribution in [-0.2, 0) is 11.8 Å². The van der Waals surface area contributed by atoms with Crippen molar-refractivity contribution in [1.82, 2.24) is 4.57 Å². The first-order valence-corrected chi connectivity index (χ1v) is 4.30. The molecule has 3 heteroatoms. The van der Waals surface area contributed by atoms with Crippen molar-refractivity contribution in [2.45, 2.75) is 19.8 Å². The maximum Gasteiger partial charge on any atom is 0.354 e. The van der Waals surface area contributed by atoms with E-state index in [4.69, 9.17) is 0 Å². The van der Waals surface area contributed by atoms with Gasteiger partial charge in [-0.25, -0.2) is 4.79 Å². The molecule has 0 aromatic carbocycles. The summed E-state index contributed by atoms with van der Waals surface area (Å²) in [6.45, 7) is 4.19. The van der Waals surface area contributed by atoms with E-state index in [1.807, 2.05) is 19.3 Å². The second kappa shape index (κ2) is 3.64. The summed E-state index contributed by atoms with van der Waals surface area (Å²) in [5.41, 5.74) is 1.76. The Labute approximate surface area is 78.3 Å². The molecule has 3 nitrogen and oxygen atoms in total. The monoisotopic (exact) mass is 181 g/mol. The molecule has 0 saturated carbocycles. The number of methoxy groups -OCH3 is 1. The standard InChI is InChI=1S/C10H15NO2/c1-7(2)8-5-9(10(12)13-4)11(3)6-8/h5-7H,1-4H3. The van der Waals surface area contributed by atoms with Gasteiger partial charge in [-0.15, -0.1) is 0 Å². The van der Waals surface area contributed by atoms with Crippen LogP contribution in [0.15, 0.2) is 12.3 Å². The van der Waals surface area contributed by atoms with Crippen LogP contribution < -0.4 is 0 Å². The molecule has 0 aliphatic rings. The van der Waals surface area contributed by atoms with E-state index in [1.54, 1.807) is 4.57 Å². The molecule has 1 heterocycles. The van der Waals surface area contributed by atoms with E-state index >= 15 is 0 Å². The molecule has 1 aromatic rings. The van der Waals surface area contributed by atoms with Gasteiger partial charge in [-0.1, -0.05) is 13.8 Å². The Bertz CT molecular complexity index is 313. The van der Waals surface area contributed by atoms with Gasteiger partial charge in [-0.05, 0) is 17.5 Å². The Morgan fingerprint density at radius 2 is 2.15 bits per heavy atom. The fourth-order valence-electron chi connectivity index (χ4n) is 1.21. The molecule has 0 radical (unpaired) electrons. The molecular weight excluding hydrogens is 166 g/mol. The van der Waals surface area contributed by atoms with Crippen molar-refractivity contribution in [3.8, 4) is 0 Å². The number of nitrogens with zero attached hydrogens (tertiary/aromatic N) is 1. The van der Waals surface area contributed by atoms with Crippen LogP contribution in [-0.4, -0.2) is 17.6 Å². The molecule has 0 fully saturated rings. The van der Waals surface area contributed by atoms with Crippen LogP contribution in [0, 0.1) is 0 Å². The molecule has 0 unspecified atom stereocenters. The number of carbonyl (C=O) groups excluding carboxylic acids is 1. The van der Waals surface area contributed by atoms with Crippen molar-refractivity contribution in [3.63, 3.8) is 0 Å². The Kier molecular flexibility index (Phi) is 2.76. The highest BCUT2D eigenvalue weighted by atomic mass is 16.5. The molecule has 0 aliphatic heterocycles. The Balaban J connectivity index is 3.03. The number of hydrogen-bond donors (Lipinski definition) is 0. The molecule has 0 N–H and O–H groups in total. The van der Waals surface area contributed by atoms with Gasteiger partial charge in [0.25, 0.3) is 0 Å². The number of aromatic nitrogens is 1. The van der Waals surface area contributed by atoms with Crippen LogP contribution in [0.2, 0.25) is 0 Å². The first-order chi connectivity index (χ1) is 6.06. The van der Waals surface area contributed by atoms with Crippen LogP contribution >= 0.6 is 0 Å². The smallest absolute Gasteiger partial charge is 0.354 e. The lowest BCUT2D eigenvalue weighted by Crippen LogP contribution is -2.06. The second-order valence-corrected chi connectivity index (χ2v) is 3.42. The van der Waals surface area contributed by atoms with Crippen molar-refractivity contribution in [3.05, 3.63) is 23.5 Å². The Morgan fingerprint density at radius 3 is 2.54 bits per heavy atom. The van der Waals surface area contributed by atoms with Crippen LogP contribution in [0.4, 0.5) is 0 Å². The molecule has 0 saturated heterocycles. The lowest BCUT2D eigenvalue weighted by molar-refractivity contribution is 0.0590. The zero-order chi connectivity index (χ0) is 10.0. The lowest BCUT2D eigenvalue weighted by atomic mass is 10.1. The third kappa shape index (κ3) is 1.91. The normalized spacial score (nSPS) is 10.5. The maximum atomic E-state index is 11.2. The number of esters is 1. The van der Waals surface area contributed by atoms with Gasteiger partial charge in [0.05, 0.1) is 7.11 Å². The highest BCUT2D eigenvalue weighted by Crippen LogP contribution is 2.17. The lowest BCUT2D eigenvalue weighted by Gasteiger charge is -1.98. The third-order valence-corrected chi connectivity index (χ3v) is 2.09. The van der Waals surface area contributed by atoms with E-state index in [-0.39, 0.29) is 5.97 Å². The number of hydrogen-bond acceptors (Lipinski definition) is 2. The van der Waals surface area contributed by atoms with Gasteiger partial charge in [-0.3, -0.25) is 0 Å². The molecular formula is C10H15NO2. The zero-order valence-corrected chi connectivity index (χ0v) is 8.50. The number of aryl methyl sites for hydroxylation is 1. The van der Waals surface area contributed by atoms with Crippen LogP contribution in [0.3, 0.4) is 0 Å². The summed E-state index contributed by atoms with van der Waals surface area (Å²) in [7, 11) is 3.24. The summed E-state index contributed by atoms with van der Waals surface area (Å²) in [6.07, 6.45) is 1.96. The van der Waals surface area contributed by atoms with Crippen molar-refractivity contribution < 1.29 is 9.53 Å². The zero-order valence-electron chi connectivity index (χ0n) is 8.50. The largest absolute Gasteiger partial charge is 0.464 e. The van der Waals surface area contributed by atoms with Crippen LogP contribution in [0.1, 0.15) is 35.8 Å². The average Bonchev–Trinajstić information content (AvgIpc) is 2.46. The van der Waals surface area contributed by atoms with Gasteiger partial charge in [-0.2, -0.15) is 0 Å². The first-order valence-electron chi connectivity index (χ1n) is 4.30. The number of rotatable bonds is 2. The molecule has 0 spiro atoms. The minimum absolute atomic E-state index is 0.283. The summed E-state index contributed by atoms with van der Waals surface area (Å²) >= 11 is 0. The fourth-order valence-corrected chi connectivity index (χ4v) is 1.21. The van der Waals surface area contributed by atoms with Crippen LogP contribution in [0.25, 0.3) is 0 Å². The Hall–Kier alpha value is -1.25. The minimum atomic E-state index is -0.283. The van der Waals surface area contributed by atoms with Gasteiger partial charge < -0.3 is 9.30 Å². The van der Waals surface area contributed by atoms with Crippen molar-refractivity contribution >= 4 is 5.97 Å². The van der Waals surface area contributed by atoms with E-state index in [1.165, 1.54) is 7.11 Å². The second-order valence-electron chi connectivity index (χ2n) is 3.42. The summed E-state index contributed by atoms with van der Waals surface area (Å²) in [5, 5.41) is 0. The average molecular weight is 181 g/mol. The minimum Gasteiger partial charge on any atom is -0.464 e. The van der Waals surface area contributed by atoms with Gasteiger partial charge >= 0.3 is 5.97 Å². The summed E-state index contributed by atoms with van der Waals surface area (Å²) in [4.78, 5) is 11.2. The summed E-state index contributed by atoms with van der Waals surface area (Å²) in [5.74, 6) is 0.152. The quantitative estimate of drug-likeness (QED) is 0.653. The number of carbonyl (C=O) groups is 1. The van der Waals surface area contributed by atoms with E-state index in [2.05, 4.69) is 18.6 Å². The molecule has 1 rings (SSSR count). The van der Waals surface area contributed by atoms with E-state index in [9.17, 15) is 4.79 Å². The van der Waals surface area contributed by atoms with E-state index < -0.39 is 0 Å². The summed E-state index contributed by atoms with van der Waals surface area (Å²) < 4.78 is 6.44. The third-order valence-electron chi connectivity index (χ3n) is 2.09. The topological polar surface area (TPSA) is 31.2 Å². The first kappa shape index (κ1) is 9.84. The molecule has 0 bridgehead atoms. The molecule has 13 heavy (non-hydrogen) atoms. The van der Waals surface area contributed by atoms with Crippen LogP contribution in [0.5, 0.6) is 0 Å². The predicted molar refractivity (Wildman–Crippen MR) is 50.8 cm³/mol. The van der Waals surface area contributed by atoms with E-state index in [0.717, 1.165) is 5.56 Å². The number of ether oxygens (including phenoxy) is 1. The molecule has 0 amide bonds. The predicted octanol–water partition coefficient (Wildman–Crippen LogP) is 1.94. The molecule has 0 atom stereocenters. The van der Waals surface area contributed by atoms with E-state index in [0.29, 0.717) is 11.6 Å². The SMILES string of the molecule is COC(=O)c1cc(C(C)C)cn1C. The van der Waals surface area contributed by atoms with Gasteiger partial charge in [0.15, 0.2) is 0 Å². The van der Waals surface area contributed by atoms with Crippen molar-refractivity contribution in [1.29, 1.82) is 0 Å². The highest BCUT2D eigenvalue weighted by Gasteiger charge is 2.12. The summed E-state index contributed by atoms with van der Waals surface area (Å²) in [6, 6.07) is 1.87. The Morgan fingerprint density at radius 1 is 1.54 bits per heavy atom. The molecule has 0 aliphatic carbocycles. The maximum absolute atomic E-state index is 11.2. The van der Waals surface area contributed by atoms with Gasteiger partial charge in [0.2, 0.25) is 0 Å². The molecule has 72 valence electrons. The fraction of sp³-hybridized carbons (Fsp3) is 0.500. The van der Waals surface area contributed by atoms with Gasteiger partial charge in [0.1, 0.15) is 5.69 Å². The van der Waals surface area contributed by atoms with Gasteiger partial charge in [0, 0.05) is 13.2 Å². The van der Waals surface area contributed by atoms with Crippen molar-refractivity contribution in [2.24, 2.45) is 7.05 Å². The molecule has 1 aromatic heterocycles. The van der Waals surface area contributed by atoms with Crippen molar-refractivity contribution in [2.75, 3.05) is 7.11 Å². The highest BCUT2D eigenvalue weighted by molar-refractivity contribution is 5.87.